The molecular formula is C15H20ClN3O2. The fourth-order valence-electron chi connectivity index (χ4n) is 3.23. The number of carboxylic acid groups (broad SMARTS) is 1. The first-order valence-electron chi connectivity index (χ1n) is 7.37. The lowest BCUT2D eigenvalue weighted by Crippen LogP contribution is -2.50. The number of hydrogen-bond donors (Lipinski definition) is 3. The quantitative estimate of drug-likeness (QED) is 0.797. The number of likely N-dealkylation sites (tertiary alicyclic amines) is 1. The van der Waals surface area contributed by atoms with Gasteiger partial charge in [0.2, 0.25) is 0 Å². The number of carboxylic acids is 1. The van der Waals surface area contributed by atoms with Gasteiger partial charge in [-0.2, -0.15) is 0 Å². The van der Waals surface area contributed by atoms with Crippen LogP contribution in [0.15, 0.2) is 24.3 Å². The Balaban J connectivity index is 1.64. The highest BCUT2D eigenvalue weighted by Gasteiger charge is 2.34. The summed E-state index contributed by atoms with van der Waals surface area (Å²) < 4.78 is 0. The third-order valence-corrected chi connectivity index (χ3v) is 4.75. The summed E-state index contributed by atoms with van der Waals surface area (Å²) in [6, 6.07) is 7.99. The first kappa shape index (κ1) is 14.8. The normalized spacial score (nSPS) is 30.4. The number of hydrogen-bond acceptors (Lipinski definition) is 4. The van der Waals surface area contributed by atoms with Crippen LogP contribution in [0.5, 0.6) is 0 Å². The standard InChI is InChI=1S/C15H20ClN3O2/c16-12-6-2-1-5-11(12)13-8-14(18-17-13)19-7-3-4-10(9-19)15(20)21/h1-2,5-6,10,13-14,17-18H,3-4,7-9H2,(H,20,21). The average Bonchev–Trinajstić information content (AvgIpc) is 2.97. The van der Waals surface area contributed by atoms with Crippen molar-refractivity contribution in [2.75, 3.05) is 13.1 Å². The van der Waals surface area contributed by atoms with E-state index in [-0.39, 0.29) is 18.1 Å². The molecule has 3 N–H and O–H groups in total. The molecule has 3 unspecified atom stereocenters. The van der Waals surface area contributed by atoms with E-state index in [0.29, 0.717) is 6.54 Å². The van der Waals surface area contributed by atoms with Crippen molar-refractivity contribution in [1.29, 1.82) is 0 Å². The van der Waals surface area contributed by atoms with Gasteiger partial charge >= 0.3 is 5.97 Å². The van der Waals surface area contributed by atoms with Gasteiger partial charge in [-0.15, -0.1) is 0 Å². The molecule has 5 nitrogen and oxygen atoms in total. The van der Waals surface area contributed by atoms with Crippen LogP contribution in [0, 0.1) is 5.92 Å². The first-order valence-corrected chi connectivity index (χ1v) is 7.75. The Hall–Kier alpha value is -1.14. The lowest BCUT2D eigenvalue weighted by molar-refractivity contribution is -0.144. The smallest absolute Gasteiger partial charge is 0.307 e. The largest absolute Gasteiger partial charge is 0.481 e. The molecule has 0 bridgehead atoms. The SMILES string of the molecule is O=C(O)C1CCCN(C2CC(c3ccccc3Cl)NN2)C1. The number of halogens is 1. The van der Waals surface area contributed by atoms with Crippen molar-refractivity contribution < 1.29 is 9.90 Å². The third-order valence-electron chi connectivity index (χ3n) is 4.41. The Morgan fingerprint density at radius 2 is 2.14 bits per heavy atom. The molecule has 0 amide bonds. The van der Waals surface area contributed by atoms with E-state index in [2.05, 4.69) is 15.8 Å². The first-order chi connectivity index (χ1) is 10.1. The highest BCUT2D eigenvalue weighted by molar-refractivity contribution is 6.31. The summed E-state index contributed by atoms with van der Waals surface area (Å²) in [6.07, 6.45) is 2.76. The van der Waals surface area contributed by atoms with Crippen LogP contribution in [0.3, 0.4) is 0 Å². The Labute approximate surface area is 129 Å². The summed E-state index contributed by atoms with van der Waals surface area (Å²) in [7, 11) is 0. The predicted molar refractivity (Wildman–Crippen MR) is 80.8 cm³/mol. The van der Waals surface area contributed by atoms with Crippen LogP contribution in [-0.4, -0.2) is 35.2 Å². The summed E-state index contributed by atoms with van der Waals surface area (Å²) in [6.45, 7) is 1.56. The molecule has 1 aromatic rings. The Bertz CT molecular complexity index is 525. The van der Waals surface area contributed by atoms with Crippen molar-refractivity contribution in [2.45, 2.75) is 31.5 Å². The van der Waals surface area contributed by atoms with Gasteiger partial charge in [0.1, 0.15) is 0 Å². The zero-order valence-electron chi connectivity index (χ0n) is 11.8. The van der Waals surface area contributed by atoms with Crippen LogP contribution < -0.4 is 10.9 Å². The molecule has 114 valence electrons. The summed E-state index contributed by atoms with van der Waals surface area (Å²) in [5.74, 6) is -0.937. The van der Waals surface area contributed by atoms with Crippen LogP contribution >= 0.6 is 11.6 Å². The van der Waals surface area contributed by atoms with Crippen LogP contribution in [0.2, 0.25) is 5.02 Å². The van der Waals surface area contributed by atoms with E-state index in [0.717, 1.165) is 36.4 Å². The number of piperidine rings is 1. The number of nitrogens with one attached hydrogen (secondary N) is 2. The van der Waals surface area contributed by atoms with E-state index in [4.69, 9.17) is 11.6 Å². The van der Waals surface area contributed by atoms with Crippen LogP contribution in [0.1, 0.15) is 30.9 Å². The van der Waals surface area contributed by atoms with E-state index in [1.165, 1.54) is 0 Å². The lowest BCUT2D eigenvalue weighted by Gasteiger charge is -2.34. The minimum atomic E-state index is -0.687. The van der Waals surface area contributed by atoms with E-state index < -0.39 is 5.97 Å². The molecule has 0 saturated carbocycles. The molecule has 1 aromatic carbocycles. The minimum Gasteiger partial charge on any atom is -0.481 e. The fraction of sp³-hybridized carbons (Fsp3) is 0.533. The Morgan fingerprint density at radius 1 is 1.33 bits per heavy atom. The Morgan fingerprint density at radius 3 is 2.90 bits per heavy atom. The van der Waals surface area contributed by atoms with Gasteiger partial charge in [0.05, 0.1) is 18.1 Å². The van der Waals surface area contributed by atoms with Crippen LogP contribution in [-0.2, 0) is 4.79 Å². The molecule has 21 heavy (non-hydrogen) atoms. The molecule has 2 aliphatic heterocycles. The summed E-state index contributed by atoms with van der Waals surface area (Å²) in [5, 5.41) is 9.95. The van der Waals surface area contributed by atoms with Crippen molar-refractivity contribution in [3.63, 3.8) is 0 Å². The molecule has 2 fully saturated rings. The zero-order chi connectivity index (χ0) is 14.8. The van der Waals surface area contributed by atoms with Gasteiger partial charge in [0.25, 0.3) is 0 Å². The third kappa shape index (κ3) is 3.21. The van der Waals surface area contributed by atoms with E-state index in [1.807, 2.05) is 24.3 Å². The van der Waals surface area contributed by atoms with Crippen LogP contribution in [0.4, 0.5) is 0 Å². The van der Waals surface area contributed by atoms with Crippen molar-refractivity contribution >= 4 is 17.6 Å². The fourth-order valence-corrected chi connectivity index (χ4v) is 3.50. The van der Waals surface area contributed by atoms with E-state index >= 15 is 0 Å². The molecule has 2 heterocycles. The molecule has 0 spiro atoms. The van der Waals surface area contributed by atoms with Crippen molar-refractivity contribution in [3.05, 3.63) is 34.9 Å². The number of nitrogens with zero attached hydrogens (tertiary/aromatic N) is 1. The highest BCUT2D eigenvalue weighted by atomic mass is 35.5. The predicted octanol–water partition coefficient (Wildman–Crippen LogP) is 2.00. The summed E-state index contributed by atoms with van der Waals surface area (Å²) in [4.78, 5) is 13.4. The number of rotatable bonds is 3. The summed E-state index contributed by atoms with van der Waals surface area (Å²) in [5.41, 5.74) is 7.65. The maximum Gasteiger partial charge on any atom is 0.307 e. The number of aliphatic carboxylic acids is 1. The monoisotopic (exact) mass is 309 g/mol. The Kier molecular flexibility index (Phi) is 4.45. The molecule has 2 saturated heterocycles. The maximum atomic E-state index is 11.2. The molecule has 0 radical (unpaired) electrons. The molecule has 3 rings (SSSR count). The summed E-state index contributed by atoms with van der Waals surface area (Å²) >= 11 is 6.24. The lowest BCUT2D eigenvalue weighted by atomic mass is 9.96. The number of benzene rings is 1. The van der Waals surface area contributed by atoms with Crippen molar-refractivity contribution in [1.82, 2.24) is 15.8 Å². The second kappa shape index (κ2) is 6.32. The van der Waals surface area contributed by atoms with Gasteiger partial charge in [-0.25, -0.2) is 10.9 Å². The molecule has 2 aliphatic rings. The molecule has 0 aromatic heterocycles. The van der Waals surface area contributed by atoms with Gasteiger partial charge in [-0.1, -0.05) is 29.8 Å². The maximum absolute atomic E-state index is 11.2. The number of hydrazine groups is 1. The van der Waals surface area contributed by atoms with Gasteiger partial charge in [-0.05, 0) is 37.4 Å². The second-order valence-electron chi connectivity index (χ2n) is 5.79. The van der Waals surface area contributed by atoms with E-state index in [1.54, 1.807) is 0 Å². The van der Waals surface area contributed by atoms with E-state index in [9.17, 15) is 9.90 Å². The topological polar surface area (TPSA) is 64.6 Å². The highest BCUT2D eigenvalue weighted by Crippen LogP contribution is 2.30. The number of carbonyl (C=O) groups is 1. The van der Waals surface area contributed by atoms with Crippen LogP contribution in [0.25, 0.3) is 0 Å². The van der Waals surface area contributed by atoms with Gasteiger partial charge < -0.3 is 5.11 Å². The molecular weight excluding hydrogens is 290 g/mol. The zero-order valence-corrected chi connectivity index (χ0v) is 12.5. The van der Waals surface area contributed by atoms with Gasteiger partial charge in [0.15, 0.2) is 0 Å². The minimum absolute atomic E-state index is 0.161. The van der Waals surface area contributed by atoms with Crippen molar-refractivity contribution in [2.24, 2.45) is 5.92 Å². The molecule has 0 aliphatic carbocycles. The van der Waals surface area contributed by atoms with Crippen molar-refractivity contribution in [3.8, 4) is 0 Å². The average molecular weight is 310 g/mol. The van der Waals surface area contributed by atoms with Gasteiger partial charge in [0, 0.05) is 11.6 Å². The second-order valence-corrected chi connectivity index (χ2v) is 6.19. The molecule has 6 heteroatoms. The molecule has 3 atom stereocenters. The van der Waals surface area contributed by atoms with Gasteiger partial charge in [-0.3, -0.25) is 9.69 Å².